The minimum atomic E-state index is -0.697. The van der Waals surface area contributed by atoms with Crippen LogP contribution in [0, 0.1) is 5.41 Å². The lowest BCUT2D eigenvalue weighted by Gasteiger charge is -2.42. The molecule has 1 aromatic carbocycles. The van der Waals surface area contributed by atoms with Crippen molar-refractivity contribution in [3.8, 4) is 0 Å². The number of piperidine rings is 1. The lowest BCUT2D eigenvalue weighted by atomic mass is 9.75. The van der Waals surface area contributed by atoms with Crippen LogP contribution in [0.5, 0.6) is 0 Å². The average Bonchev–Trinajstić information content (AvgIpc) is 2.86. The lowest BCUT2D eigenvalue weighted by Crippen LogP contribution is -2.47. The Kier molecular flexibility index (Phi) is 3.32. The third-order valence-corrected chi connectivity index (χ3v) is 4.70. The molecule has 0 aromatic heterocycles. The van der Waals surface area contributed by atoms with Gasteiger partial charge in [-0.2, -0.15) is 0 Å². The molecule has 1 aromatic rings. The van der Waals surface area contributed by atoms with E-state index in [1.165, 1.54) is 0 Å². The molecule has 0 radical (unpaired) electrons. The van der Waals surface area contributed by atoms with Crippen molar-refractivity contribution in [2.45, 2.75) is 32.2 Å². The highest BCUT2D eigenvalue weighted by atomic mass is 16.5. The summed E-state index contributed by atoms with van der Waals surface area (Å²) in [5.74, 6) is -0.202. The highest BCUT2D eigenvalue weighted by molar-refractivity contribution is 5.89. The summed E-state index contributed by atoms with van der Waals surface area (Å²) in [6.45, 7) is 6.47. The van der Waals surface area contributed by atoms with E-state index < -0.39 is 5.41 Å². The summed E-state index contributed by atoms with van der Waals surface area (Å²) in [6.07, 6.45) is 1.50. The predicted octanol–water partition coefficient (Wildman–Crippen LogP) is 2.82. The molecule has 2 aliphatic heterocycles. The normalized spacial score (nSPS) is 27.1. The molecule has 1 spiro atoms. The maximum Gasteiger partial charge on any atom is 0.318 e. The van der Waals surface area contributed by atoms with Crippen LogP contribution >= 0.6 is 0 Å². The fourth-order valence-corrected chi connectivity index (χ4v) is 3.34. The van der Waals surface area contributed by atoms with Crippen LogP contribution in [-0.2, 0) is 14.3 Å². The van der Waals surface area contributed by atoms with Gasteiger partial charge in [-0.25, -0.2) is 0 Å². The van der Waals surface area contributed by atoms with Gasteiger partial charge in [0.15, 0.2) is 0 Å². The van der Waals surface area contributed by atoms with Crippen LogP contribution < -0.4 is 0 Å². The van der Waals surface area contributed by atoms with E-state index in [1.54, 1.807) is 4.90 Å². The number of ether oxygens (including phenoxy) is 1. The highest BCUT2D eigenvalue weighted by Crippen LogP contribution is 2.48. The van der Waals surface area contributed by atoms with Crippen LogP contribution in [0.2, 0.25) is 0 Å². The Morgan fingerprint density at radius 1 is 1.24 bits per heavy atom. The zero-order valence-corrected chi connectivity index (χ0v) is 12.2. The van der Waals surface area contributed by atoms with Crippen molar-refractivity contribution >= 4 is 11.9 Å². The van der Waals surface area contributed by atoms with E-state index in [4.69, 9.17) is 4.74 Å². The van der Waals surface area contributed by atoms with Gasteiger partial charge in [-0.15, -0.1) is 0 Å². The number of rotatable bonds is 2. The Morgan fingerprint density at radius 2 is 1.95 bits per heavy atom. The first kappa shape index (κ1) is 13.9. The Hall–Kier alpha value is -2.10. The first-order chi connectivity index (χ1) is 10.1. The van der Waals surface area contributed by atoms with Crippen LogP contribution in [0.25, 0.3) is 0 Å². The van der Waals surface area contributed by atoms with Gasteiger partial charge in [0, 0.05) is 18.5 Å². The summed E-state index contributed by atoms with van der Waals surface area (Å²) in [7, 11) is 0. The van der Waals surface area contributed by atoms with Gasteiger partial charge in [-0.3, -0.25) is 9.59 Å². The van der Waals surface area contributed by atoms with Gasteiger partial charge in [0.1, 0.15) is 5.41 Å². The van der Waals surface area contributed by atoms with Gasteiger partial charge in [-0.1, -0.05) is 36.9 Å². The monoisotopic (exact) mass is 285 g/mol. The molecule has 0 N–H and O–H groups in total. The zero-order chi connectivity index (χ0) is 15.0. The number of esters is 1. The van der Waals surface area contributed by atoms with Crippen LogP contribution in [0.4, 0.5) is 0 Å². The summed E-state index contributed by atoms with van der Waals surface area (Å²) in [4.78, 5) is 26.2. The number of carbonyl (C=O) groups excluding carboxylic acids is 2. The SMILES string of the molecule is C=C1N([C@H](C)c2ccccc2)C(=O)CC[C@]12CCOC2=O. The van der Waals surface area contributed by atoms with E-state index in [9.17, 15) is 9.59 Å². The molecule has 110 valence electrons. The van der Waals surface area contributed by atoms with Crippen molar-refractivity contribution in [2.75, 3.05) is 6.61 Å². The summed E-state index contributed by atoms with van der Waals surface area (Å²) in [6, 6.07) is 9.68. The molecular formula is C17H19NO3. The largest absolute Gasteiger partial charge is 0.465 e. The minimum Gasteiger partial charge on any atom is -0.465 e. The van der Waals surface area contributed by atoms with Gasteiger partial charge in [0.05, 0.1) is 12.6 Å². The van der Waals surface area contributed by atoms with Crippen molar-refractivity contribution < 1.29 is 14.3 Å². The molecule has 1 amide bonds. The fraction of sp³-hybridized carbons (Fsp3) is 0.412. The molecule has 2 saturated heterocycles. The molecule has 0 bridgehead atoms. The fourth-order valence-electron chi connectivity index (χ4n) is 3.34. The van der Waals surface area contributed by atoms with Gasteiger partial charge < -0.3 is 9.64 Å². The number of hydrogen-bond donors (Lipinski definition) is 0. The highest BCUT2D eigenvalue weighted by Gasteiger charge is 2.53. The number of benzene rings is 1. The Bertz CT molecular complexity index is 595. The van der Waals surface area contributed by atoms with Crippen molar-refractivity contribution in [1.82, 2.24) is 4.90 Å². The average molecular weight is 285 g/mol. The van der Waals surface area contributed by atoms with Crippen LogP contribution in [0.15, 0.2) is 42.6 Å². The molecule has 0 saturated carbocycles. The van der Waals surface area contributed by atoms with E-state index in [2.05, 4.69) is 6.58 Å². The van der Waals surface area contributed by atoms with Gasteiger partial charge in [0.25, 0.3) is 0 Å². The Morgan fingerprint density at radius 3 is 2.57 bits per heavy atom. The van der Waals surface area contributed by atoms with Crippen LogP contribution in [0.1, 0.15) is 37.8 Å². The van der Waals surface area contributed by atoms with Crippen molar-refractivity contribution in [2.24, 2.45) is 5.41 Å². The molecule has 0 unspecified atom stereocenters. The maximum atomic E-state index is 12.4. The second-order valence-electron chi connectivity index (χ2n) is 5.77. The van der Waals surface area contributed by atoms with Crippen LogP contribution in [-0.4, -0.2) is 23.4 Å². The van der Waals surface area contributed by atoms with Gasteiger partial charge in [-0.05, 0) is 18.9 Å². The summed E-state index contributed by atoms with van der Waals surface area (Å²) in [5.41, 5.74) is 0.935. The van der Waals surface area contributed by atoms with Crippen molar-refractivity contribution in [1.29, 1.82) is 0 Å². The first-order valence-electron chi connectivity index (χ1n) is 7.30. The number of nitrogens with zero attached hydrogens (tertiary/aromatic N) is 1. The molecule has 2 heterocycles. The molecule has 4 heteroatoms. The molecule has 2 atom stereocenters. The van der Waals surface area contributed by atoms with Crippen LogP contribution in [0.3, 0.4) is 0 Å². The topological polar surface area (TPSA) is 46.6 Å². The van der Waals surface area contributed by atoms with E-state index in [-0.39, 0.29) is 17.9 Å². The molecular weight excluding hydrogens is 266 g/mol. The third kappa shape index (κ3) is 2.06. The number of likely N-dealkylation sites (tertiary alicyclic amines) is 1. The molecule has 0 aliphatic carbocycles. The van der Waals surface area contributed by atoms with Crippen molar-refractivity contribution in [3.05, 3.63) is 48.2 Å². The predicted molar refractivity (Wildman–Crippen MR) is 78.1 cm³/mol. The summed E-state index contributed by atoms with van der Waals surface area (Å²) in [5, 5.41) is 0. The molecule has 2 fully saturated rings. The number of amides is 1. The zero-order valence-electron chi connectivity index (χ0n) is 12.2. The smallest absolute Gasteiger partial charge is 0.318 e. The first-order valence-corrected chi connectivity index (χ1v) is 7.30. The number of cyclic esters (lactones) is 1. The quantitative estimate of drug-likeness (QED) is 0.785. The summed E-state index contributed by atoms with van der Waals surface area (Å²) >= 11 is 0. The second-order valence-corrected chi connectivity index (χ2v) is 5.77. The Labute approximate surface area is 124 Å². The van der Waals surface area contributed by atoms with Crippen molar-refractivity contribution in [3.63, 3.8) is 0 Å². The molecule has 3 rings (SSSR count). The lowest BCUT2D eigenvalue weighted by molar-refractivity contribution is -0.149. The molecule has 2 aliphatic rings. The molecule has 4 nitrogen and oxygen atoms in total. The maximum absolute atomic E-state index is 12.4. The Balaban J connectivity index is 1.95. The van der Waals surface area contributed by atoms with Gasteiger partial charge >= 0.3 is 5.97 Å². The van der Waals surface area contributed by atoms with Gasteiger partial charge in [0.2, 0.25) is 5.91 Å². The van der Waals surface area contributed by atoms with E-state index >= 15 is 0 Å². The third-order valence-electron chi connectivity index (χ3n) is 4.70. The molecule has 21 heavy (non-hydrogen) atoms. The number of carbonyl (C=O) groups is 2. The van der Waals surface area contributed by atoms with E-state index in [0.29, 0.717) is 31.6 Å². The second kappa shape index (κ2) is 5.02. The summed E-state index contributed by atoms with van der Waals surface area (Å²) < 4.78 is 5.15. The standard InChI is InChI=1S/C17H19NO3/c1-12(14-6-4-3-5-7-14)18-13(2)17(9-8-15(18)19)10-11-21-16(17)20/h3-7,12H,2,8-11H2,1H3/t12-,17+/m1/s1. The number of hydrogen-bond acceptors (Lipinski definition) is 3. The van der Waals surface area contributed by atoms with E-state index in [1.807, 2.05) is 37.3 Å². The minimum absolute atomic E-state index is 0.0293. The van der Waals surface area contributed by atoms with E-state index in [0.717, 1.165) is 5.56 Å².